The van der Waals surface area contributed by atoms with E-state index in [4.69, 9.17) is 4.74 Å². The summed E-state index contributed by atoms with van der Waals surface area (Å²) in [5.74, 6) is 0.464. The van der Waals surface area contributed by atoms with Crippen LogP contribution in [0.25, 0.3) is 0 Å². The molecule has 0 saturated carbocycles. The Hall–Kier alpha value is -1.75. The van der Waals surface area contributed by atoms with E-state index in [0.29, 0.717) is 12.5 Å². The van der Waals surface area contributed by atoms with E-state index in [0.717, 1.165) is 45.0 Å². The van der Waals surface area contributed by atoms with Gasteiger partial charge in [-0.1, -0.05) is 19.9 Å². The summed E-state index contributed by atoms with van der Waals surface area (Å²) in [6.45, 7) is 9.07. The standard InChI is InChI=1S/C17H25N3O2/c1-13(2)12-18-17(21)20-6-5-14-3-4-15(11-16(14)20)19-7-9-22-10-8-19/h3-4,11,13H,5-10,12H2,1-2H3,(H,18,21). The highest BCUT2D eigenvalue weighted by atomic mass is 16.5. The van der Waals surface area contributed by atoms with Crippen molar-refractivity contribution >= 4 is 17.4 Å². The molecule has 2 amide bonds. The predicted octanol–water partition coefficient (Wildman–Crippen LogP) is 2.25. The Bertz CT molecular complexity index is 539. The molecule has 1 saturated heterocycles. The molecule has 5 heteroatoms. The van der Waals surface area contributed by atoms with E-state index < -0.39 is 0 Å². The van der Waals surface area contributed by atoms with Gasteiger partial charge in [-0.15, -0.1) is 0 Å². The number of nitrogens with zero attached hydrogens (tertiary/aromatic N) is 2. The summed E-state index contributed by atoms with van der Waals surface area (Å²) in [6.07, 6.45) is 0.938. The Morgan fingerprint density at radius 1 is 1.27 bits per heavy atom. The number of benzene rings is 1. The minimum absolute atomic E-state index is 0.0200. The molecule has 120 valence electrons. The smallest absolute Gasteiger partial charge is 0.321 e. The molecule has 22 heavy (non-hydrogen) atoms. The van der Waals surface area contributed by atoms with Crippen molar-refractivity contribution in [3.63, 3.8) is 0 Å². The Morgan fingerprint density at radius 2 is 2.05 bits per heavy atom. The van der Waals surface area contributed by atoms with Crippen molar-refractivity contribution in [1.82, 2.24) is 5.32 Å². The molecular formula is C17H25N3O2. The van der Waals surface area contributed by atoms with Crippen LogP contribution in [0.15, 0.2) is 18.2 Å². The van der Waals surface area contributed by atoms with Crippen molar-refractivity contribution in [1.29, 1.82) is 0 Å². The second-order valence-corrected chi connectivity index (χ2v) is 6.39. The van der Waals surface area contributed by atoms with Gasteiger partial charge in [-0.05, 0) is 30.0 Å². The van der Waals surface area contributed by atoms with Crippen molar-refractivity contribution in [2.75, 3.05) is 49.2 Å². The molecule has 5 nitrogen and oxygen atoms in total. The van der Waals surface area contributed by atoms with Gasteiger partial charge in [-0.25, -0.2) is 4.79 Å². The van der Waals surface area contributed by atoms with Crippen LogP contribution in [0, 0.1) is 5.92 Å². The van der Waals surface area contributed by atoms with Crippen LogP contribution in [0.1, 0.15) is 19.4 Å². The maximum Gasteiger partial charge on any atom is 0.321 e. The number of anilines is 2. The highest BCUT2D eigenvalue weighted by Crippen LogP contribution is 2.32. The van der Waals surface area contributed by atoms with Gasteiger partial charge >= 0.3 is 6.03 Å². The molecule has 0 spiro atoms. The first kappa shape index (κ1) is 15.2. The SMILES string of the molecule is CC(C)CNC(=O)N1CCc2ccc(N3CCOCC3)cc21. The fourth-order valence-corrected chi connectivity index (χ4v) is 2.98. The monoisotopic (exact) mass is 303 g/mol. The Morgan fingerprint density at radius 3 is 2.77 bits per heavy atom. The summed E-state index contributed by atoms with van der Waals surface area (Å²) in [5, 5.41) is 3.02. The van der Waals surface area contributed by atoms with Crippen molar-refractivity contribution in [3.05, 3.63) is 23.8 Å². The first-order valence-corrected chi connectivity index (χ1v) is 8.16. The van der Waals surface area contributed by atoms with E-state index in [1.165, 1.54) is 11.3 Å². The third kappa shape index (κ3) is 3.19. The van der Waals surface area contributed by atoms with Crippen LogP contribution < -0.4 is 15.1 Å². The third-order valence-corrected chi connectivity index (χ3v) is 4.25. The highest BCUT2D eigenvalue weighted by Gasteiger charge is 2.25. The van der Waals surface area contributed by atoms with E-state index in [2.05, 4.69) is 42.3 Å². The Balaban J connectivity index is 1.75. The summed E-state index contributed by atoms with van der Waals surface area (Å²) < 4.78 is 5.41. The molecule has 2 heterocycles. The summed E-state index contributed by atoms with van der Waals surface area (Å²) in [7, 11) is 0. The van der Waals surface area contributed by atoms with Crippen molar-refractivity contribution < 1.29 is 9.53 Å². The van der Waals surface area contributed by atoms with E-state index in [1.54, 1.807) is 0 Å². The van der Waals surface area contributed by atoms with Crippen LogP contribution in [0.3, 0.4) is 0 Å². The first-order valence-electron chi connectivity index (χ1n) is 8.16. The van der Waals surface area contributed by atoms with Gasteiger partial charge < -0.3 is 15.0 Å². The molecule has 0 atom stereocenters. The zero-order valence-electron chi connectivity index (χ0n) is 13.5. The molecule has 3 rings (SSSR count). The molecule has 0 unspecified atom stereocenters. The predicted molar refractivity (Wildman–Crippen MR) is 88.8 cm³/mol. The van der Waals surface area contributed by atoms with Gasteiger partial charge in [0.1, 0.15) is 0 Å². The molecule has 0 aliphatic carbocycles. The van der Waals surface area contributed by atoms with Crippen LogP contribution in [-0.4, -0.2) is 45.4 Å². The second kappa shape index (κ2) is 6.57. The lowest BCUT2D eigenvalue weighted by Gasteiger charge is -2.29. The minimum atomic E-state index is 0.0200. The zero-order valence-corrected chi connectivity index (χ0v) is 13.5. The van der Waals surface area contributed by atoms with E-state index in [9.17, 15) is 4.79 Å². The average molecular weight is 303 g/mol. The number of hydrogen-bond donors (Lipinski definition) is 1. The number of urea groups is 1. The lowest BCUT2D eigenvalue weighted by Crippen LogP contribution is -2.40. The maximum absolute atomic E-state index is 12.4. The van der Waals surface area contributed by atoms with Crippen LogP contribution in [-0.2, 0) is 11.2 Å². The fraction of sp³-hybridized carbons (Fsp3) is 0.588. The molecular weight excluding hydrogens is 278 g/mol. The summed E-state index contributed by atoms with van der Waals surface area (Å²) in [4.78, 5) is 16.6. The zero-order chi connectivity index (χ0) is 15.5. The van der Waals surface area contributed by atoms with Crippen LogP contribution >= 0.6 is 0 Å². The molecule has 2 aliphatic rings. The number of carbonyl (C=O) groups is 1. The average Bonchev–Trinajstić information content (AvgIpc) is 2.96. The lowest BCUT2D eigenvalue weighted by molar-refractivity contribution is 0.122. The number of ether oxygens (including phenoxy) is 1. The quantitative estimate of drug-likeness (QED) is 0.931. The number of carbonyl (C=O) groups excluding carboxylic acids is 1. The van der Waals surface area contributed by atoms with Gasteiger partial charge in [-0.3, -0.25) is 4.90 Å². The number of nitrogens with one attached hydrogen (secondary N) is 1. The van der Waals surface area contributed by atoms with Gasteiger partial charge in [0.05, 0.1) is 18.9 Å². The molecule has 1 aromatic carbocycles. The number of morpholine rings is 1. The van der Waals surface area contributed by atoms with Crippen molar-refractivity contribution in [2.24, 2.45) is 5.92 Å². The maximum atomic E-state index is 12.4. The fourth-order valence-electron chi connectivity index (χ4n) is 2.98. The first-order chi connectivity index (χ1) is 10.6. The minimum Gasteiger partial charge on any atom is -0.378 e. The molecule has 1 aromatic rings. The van der Waals surface area contributed by atoms with Gasteiger partial charge in [0.15, 0.2) is 0 Å². The topological polar surface area (TPSA) is 44.8 Å². The normalized spacial score (nSPS) is 17.8. The molecule has 2 aliphatic heterocycles. The Kier molecular flexibility index (Phi) is 4.52. The number of rotatable bonds is 3. The largest absolute Gasteiger partial charge is 0.378 e. The third-order valence-electron chi connectivity index (χ3n) is 4.25. The number of hydrogen-bond acceptors (Lipinski definition) is 3. The van der Waals surface area contributed by atoms with Crippen LogP contribution in [0.2, 0.25) is 0 Å². The van der Waals surface area contributed by atoms with E-state index in [1.807, 2.05) is 4.90 Å². The molecule has 1 N–H and O–H groups in total. The second-order valence-electron chi connectivity index (χ2n) is 6.39. The lowest BCUT2D eigenvalue weighted by atomic mass is 10.1. The molecule has 1 fully saturated rings. The Labute approximate surface area is 132 Å². The van der Waals surface area contributed by atoms with Gasteiger partial charge in [0.25, 0.3) is 0 Å². The van der Waals surface area contributed by atoms with Gasteiger partial charge in [-0.2, -0.15) is 0 Å². The number of fused-ring (bicyclic) bond motifs is 1. The van der Waals surface area contributed by atoms with Crippen LogP contribution in [0.4, 0.5) is 16.2 Å². The molecule has 0 bridgehead atoms. The van der Waals surface area contributed by atoms with Gasteiger partial charge in [0, 0.05) is 31.9 Å². The van der Waals surface area contributed by atoms with Crippen molar-refractivity contribution in [2.45, 2.75) is 20.3 Å². The number of amides is 2. The van der Waals surface area contributed by atoms with Crippen LogP contribution in [0.5, 0.6) is 0 Å². The van der Waals surface area contributed by atoms with E-state index in [-0.39, 0.29) is 6.03 Å². The summed E-state index contributed by atoms with van der Waals surface area (Å²) >= 11 is 0. The molecule has 0 aromatic heterocycles. The van der Waals surface area contributed by atoms with Crippen molar-refractivity contribution in [3.8, 4) is 0 Å². The van der Waals surface area contributed by atoms with Gasteiger partial charge in [0.2, 0.25) is 0 Å². The van der Waals surface area contributed by atoms with E-state index >= 15 is 0 Å². The highest BCUT2D eigenvalue weighted by molar-refractivity contribution is 5.94. The summed E-state index contributed by atoms with van der Waals surface area (Å²) in [5.41, 5.74) is 3.51. The summed E-state index contributed by atoms with van der Waals surface area (Å²) in [6, 6.07) is 6.50. The molecule has 0 radical (unpaired) electrons.